The van der Waals surface area contributed by atoms with Crippen molar-refractivity contribution in [3.63, 3.8) is 0 Å². The third-order valence-electron chi connectivity index (χ3n) is 4.64. The fourth-order valence-electron chi connectivity index (χ4n) is 3.23. The van der Waals surface area contributed by atoms with Crippen LogP contribution < -0.4 is 5.32 Å². The predicted molar refractivity (Wildman–Crippen MR) is 99.8 cm³/mol. The van der Waals surface area contributed by atoms with E-state index in [0.717, 1.165) is 12.0 Å². The largest absolute Gasteiger partial charge is 0.350 e. The van der Waals surface area contributed by atoms with Crippen LogP contribution >= 0.6 is 23.2 Å². The summed E-state index contributed by atoms with van der Waals surface area (Å²) in [5, 5.41) is 4.30. The molecule has 24 heavy (non-hydrogen) atoms. The van der Waals surface area contributed by atoms with Crippen LogP contribution in [-0.2, 0) is 24.1 Å². The molecule has 1 atom stereocenters. The van der Waals surface area contributed by atoms with Gasteiger partial charge in [0.05, 0.1) is 6.04 Å². The van der Waals surface area contributed by atoms with Crippen LogP contribution in [0.5, 0.6) is 0 Å². The van der Waals surface area contributed by atoms with Gasteiger partial charge in [0.15, 0.2) is 0 Å². The number of carbonyl (C=O) groups is 1. The number of fused-ring (bicyclic) bond motifs is 1. The number of aryl methyl sites for hydroxylation is 3. The lowest BCUT2D eigenvalue weighted by atomic mass is 10.0. The van der Waals surface area contributed by atoms with Crippen molar-refractivity contribution >= 4 is 29.1 Å². The van der Waals surface area contributed by atoms with Crippen LogP contribution in [0, 0.1) is 0 Å². The van der Waals surface area contributed by atoms with Crippen molar-refractivity contribution in [1.29, 1.82) is 0 Å². The molecule has 126 valence electrons. The molecule has 1 amide bonds. The number of hydrogen-bond donors (Lipinski definition) is 1. The highest BCUT2D eigenvalue weighted by Crippen LogP contribution is 2.26. The Hall–Kier alpha value is -1.51. The summed E-state index contributed by atoms with van der Waals surface area (Å²) in [5.41, 5.74) is 5.01. The molecule has 0 aromatic heterocycles. The van der Waals surface area contributed by atoms with E-state index in [4.69, 9.17) is 23.2 Å². The van der Waals surface area contributed by atoms with Crippen molar-refractivity contribution in [2.45, 2.75) is 45.1 Å². The SMILES string of the molecule is C[C@H](NC(=O)CCc1ccc(Cl)cc1Cl)c1ccc2c(c1)CCC2. The normalized spacial score (nSPS) is 14.3. The first kappa shape index (κ1) is 17.3. The number of nitrogens with one attached hydrogen (secondary N) is 1. The van der Waals surface area contributed by atoms with Gasteiger partial charge in [0.2, 0.25) is 5.91 Å². The number of rotatable bonds is 5. The van der Waals surface area contributed by atoms with Gasteiger partial charge in [-0.15, -0.1) is 0 Å². The van der Waals surface area contributed by atoms with Crippen LogP contribution in [0.2, 0.25) is 10.0 Å². The molecular formula is C20H21Cl2NO. The second-order valence-corrected chi connectivity index (χ2v) is 7.25. The lowest BCUT2D eigenvalue weighted by Gasteiger charge is -2.16. The molecule has 0 saturated carbocycles. The van der Waals surface area contributed by atoms with Gasteiger partial charge in [-0.1, -0.05) is 47.5 Å². The molecule has 1 N–H and O–H groups in total. The van der Waals surface area contributed by atoms with Gasteiger partial charge in [-0.3, -0.25) is 4.79 Å². The van der Waals surface area contributed by atoms with E-state index in [9.17, 15) is 4.79 Å². The Morgan fingerprint density at radius 2 is 1.92 bits per heavy atom. The fraction of sp³-hybridized carbons (Fsp3) is 0.350. The highest BCUT2D eigenvalue weighted by atomic mass is 35.5. The van der Waals surface area contributed by atoms with Gasteiger partial charge in [0.25, 0.3) is 0 Å². The van der Waals surface area contributed by atoms with Gasteiger partial charge in [-0.05, 0) is 67.0 Å². The standard InChI is InChI=1S/C20H21Cl2NO/c1-13(16-6-5-14-3-2-4-17(14)11-16)23-20(24)10-8-15-7-9-18(21)12-19(15)22/h5-7,9,11-13H,2-4,8,10H2,1H3,(H,23,24)/t13-/m0/s1. The Morgan fingerprint density at radius 1 is 1.12 bits per heavy atom. The number of benzene rings is 2. The Morgan fingerprint density at radius 3 is 2.71 bits per heavy atom. The van der Waals surface area contributed by atoms with Crippen LogP contribution in [0.1, 0.15) is 48.1 Å². The molecule has 1 aliphatic carbocycles. The quantitative estimate of drug-likeness (QED) is 0.769. The fourth-order valence-corrected chi connectivity index (χ4v) is 3.73. The van der Waals surface area contributed by atoms with Crippen LogP contribution in [-0.4, -0.2) is 5.91 Å². The van der Waals surface area contributed by atoms with E-state index in [1.54, 1.807) is 12.1 Å². The molecule has 0 aliphatic heterocycles. The van der Waals surface area contributed by atoms with Gasteiger partial charge in [0.1, 0.15) is 0 Å². The molecule has 2 aromatic rings. The molecule has 1 aliphatic rings. The average Bonchev–Trinajstić information content (AvgIpc) is 3.01. The summed E-state index contributed by atoms with van der Waals surface area (Å²) in [6, 6.07) is 12.0. The highest BCUT2D eigenvalue weighted by Gasteiger charge is 2.15. The Labute approximate surface area is 153 Å². The summed E-state index contributed by atoms with van der Waals surface area (Å²) in [6.07, 6.45) is 4.59. The summed E-state index contributed by atoms with van der Waals surface area (Å²) in [6.45, 7) is 2.03. The van der Waals surface area contributed by atoms with Crippen molar-refractivity contribution in [2.75, 3.05) is 0 Å². The molecule has 3 rings (SSSR count). The molecule has 0 unspecified atom stereocenters. The van der Waals surface area contributed by atoms with E-state index in [-0.39, 0.29) is 11.9 Å². The second-order valence-electron chi connectivity index (χ2n) is 6.41. The minimum atomic E-state index is 0.0177. The van der Waals surface area contributed by atoms with Crippen LogP contribution in [0.3, 0.4) is 0 Å². The van der Waals surface area contributed by atoms with Crippen LogP contribution in [0.25, 0.3) is 0 Å². The molecule has 0 spiro atoms. The van der Waals surface area contributed by atoms with E-state index < -0.39 is 0 Å². The molecule has 0 radical (unpaired) electrons. The maximum absolute atomic E-state index is 12.2. The van der Waals surface area contributed by atoms with E-state index >= 15 is 0 Å². The summed E-state index contributed by atoms with van der Waals surface area (Å²) in [7, 11) is 0. The summed E-state index contributed by atoms with van der Waals surface area (Å²) in [4.78, 5) is 12.2. The molecular weight excluding hydrogens is 341 g/mol. The lowest BCUT2D eigenvalue weighted by molar-refractivity contribution is -0.121. The monoisotopic (exact) mass is 361 g/mol. The Kier molecular flexibility index (Phi) is 5.47. The van der Waals surface area contributed by atoms with Crippen molar-refractivity contribution in [3.8, 4) is 0 Å². The molecule has 4 heteroatoms. The lowest BCUT2D eigenvalue weighted by Crippen LogP contribution is -2.26. The molecule has 0 fully saturated rings. The zero-order chi connectivity index (χ0) is 17.1. The minimum Gasteiger partial charge on any atom is -0.350 e. The average molecular weight is 362 g/mol. The predicted octanol–water partition coefficient (Wildman–Crippen LogP) is 5.29. The van der Waals surface area contributed by atoms with Gasteiger partial charge in [-0.2, -0.15) is 0 Å². The number of carbonyl (C=O) groups excluding carboxylic acids is 1. The smallest absolute Gasteiger partial charge is 0.220 e. The number of halogens is 2. The number of hydrogen-bond acceptors (Lipinski definition) is 1. The maximum Gasteiger partial charge on any atom is 0.220 e. The first-order valence-corrected chi connectivity index (χ1v) is 9.13. The van der Waals surface area contributed by atoms with Gasteiger partial charge in [0, 0.05) is 16.5 Å². The van der Waals surface area contributed by atoms with E-state index in [0.29, 0.717) is 22.9 Å². The Bertz CT molecular complexity index is 757. The highest BCUT2D eigenvalue weighted by molar-refractivity contribution is 6.35. The van der Waals surface area contributed by atoms with Gasteiger partial charge >= 0.3 is 0 Å². The minimum absolute atomic E-state index is 0.0177. The van der Waals surface area contributed by atoms with Crippen molar-refractivity contribution in [1.82, 2.24) is 5.32 Å². The summed E-state index contributed by atoms with van der Waals surface area (Å²) >= 11 is 12.0. The van der Waals surface area contributed by atoms with Crippen LogP contribution in [0.15, 0.2) is 36.4 Å². The molecule has 2 aromatic carbocycles. The van der Waals surface area contributed by atoms with E-state index in [1.807, 2.05) is 13.0 Å². The zero-order valence-corrected chi connectivity index (χ0v) is 15.3. The third kappa shape index (κ3) is 4.12. The van der Waals surface area contributed by atoms with Gasteiger partial charge in [-0.25, -0.2) is 0 Å². The van der Waals surface area contributed by atoms with Crippen molar-refractivity contribution in [2.24, 2.45) is 0 Å². The maximum atomic E-state index is 12.2. The zero-order valence-electron chi connectivity index (χ0n) is 13.7. The molecule has 0 saturated heterocycles. The summed E-state index contributed by atoms with van der Waals surface area (Å²) in [5.74, 6) is 0.0361. The first-order chi connectivity index (χ1) is 11.5. The third-order valence-corrected chi connectivity index (χ3v) is 5.22. The van der Waals surface area contributed by atoms with Crippen LogP contribution in [0.4, 0.5) is 0 Å². The molecule has 0 bridgehead atoms. The van der Waals surface area contributed by atoms with E-state index in [2.05, 4.69) is 23.5 Å². The van der Waals surface area contributed by atoms with E-state index in [1.165, 1.54) is 29.5 Å². The second kappa shape index (κ2) is 7.58. The van der Waals surface area contributed by atoms with Crippen molar-refractivity contribution in [3.05, 3.63) is 68.7 Å². The topological polar surface area (TPSA) is 29.1 Å². The first-order valence-electron chi connectivity index (χ1n) is 8.38. The molecule has 2 nitrogen and oxygen atoms in total. The Balaban J connectivity index is 1.56. The van der Waals surface area contributed by atoms with Crippen molar-refractivity contribution < 1.29 is 4.79 Å². The van der Waals surface area contributed by atoms with Gasteiger partial charge < -0.3 is 5.32 Å². The summed E-state index contributed by atoms with van der Waals surface area (Å²) < 4.78 is 0. The molecule has 0 heterocycles. The number of amides is 1.